The van der Waals surface area contributed by atoms with Crippen molar-refractivity contribution in [2.24, 2.45) is 5.73 Å². The van der Waals surface area contributed by atoms with Gasteiger partial charge in [-0.2, -0.15) is 5.10 Å². The van der Waals surface area contributed by atoms with Crippen LogP contribution >= 0.6 is 0 Å². The first kappa shape index (κ1) is 10.4. The fraction of sp³-hybridized carbons (Fsp3) is 0.308. The van der Waals surface area contributed by atoms with Gasteiger partial charge in [0.05, 0.1) is 11.4 Å². The van der Waals surface area contributed by atoms with Gasteiger partial charge < -0.3 is 11.1 Å². The molecule has 0 spiro atoms. The molecule has 17 heavy (non-hydrogen) atoms. The first-order valence-electron chi connectivity index (χ1n) is 5.94. The molecule has 1 aliphatic carbocycles. The number of anilines is 1. The molecule has 1 heterocycles. The van der Waals surface area contributed by atoms with Crippen LogP contribution in [0.15, 0.2) is 42.7 Å². The van der Waals surface area contributed by atoms with Gasteiger partial charge in [0.2, 0.25) is 0 Å². The average molecular weight is 228 g/mol. The van der Waals surface area contributed by atoms with Crippen molar-refractivity contribution in [1.82, 2.24) is 9.78 Å². The second-order valence-electron chi connectivity index (χ2n) is 4.54. The van der Waals surface area contributed by atoms with Gasteiger partial charge in [-0.15, -0.1) is 0 Å². The van der Waals surface area contributed by atoms with E-state index in [9.17, 15) is 0 Å². The highest BCUT2D eigenvalue weighted by molar-refractivity contribution is 5.61. The maximum atomic E-state index is 5.80. The first-order valence-corrected chi connectivity index (χ1v) is 5.94. The predicted molar refractivity (Wildman–Crippen MR) is 68.2 cm³/mol. The lowest BCUT2D eigenvalue weighted by Gasteiger charge is -2.34. The molecular formula is C13H16N4. The fourth-order valence-electron chi connectivity index (χ4n) is 2.21. The number of para-hydroxylation sites is 2. The zero-order chi connectivity index (χ0) is 11.7. The van der Waals surface area contributed by atoms with Crippen LogP contribution in [0.2, 0.25) is 0 Å². The maximum absolute atomic E-state index is 5.80. The van der Waals surface area contributed by atoms with E-state index in [1.807, 2.05) is 29.1 Å². The lowest BCUT2D eigenvalue weighted by atomic mass is 9.87. The normalized spacial score (nSPS) is 23.1. The van der Waals surface area contributed by atoms with Crippen LogP contribution in [0.1, 0.15) is 12.8 Å². The number of hydrogen-bond acceptors (Lipinski definition) is 3. The van der Waals surface area contributed by atoms with Crippen LogP contribution in [0.4, 0.5) is 5.69 Å². The summed E-state index contributed by atoms with van der Waals surface area (Å²) in [5.74, 6) is 0. The molecule has 1 saturated carbocycles. The number of rotatable bonds is 3. The molecule has 0 amide bonds. The van der Waals surface area contributed by atoms with E-state index in [0.717, 1.165) is 24.2 Å². The van der Waals surface area contributed by atoms with E-state index in [4.69, 9.17) is 5.73 Å². The monoisotopic (exact) mass is 228 g/mol. The SMILES string of the molecule is NC1CC(Nc2ccccc2-n2cccn2)C1. The van der Waals surface area contributed by atoms with Gasteiger partial charge in [0, 0.05) is 24.5 Å². The molecule has 88 valence electrons. The minimum atomic E-state index is 0.365. The van der Waals surface area contributed by atoms with Crippen molar-refractivity contribution in [1.29, 1.82) is 0 Å². The Morgan fingerprint density at radius 3 is 2.76 bits per heavy atom. The Morgan fingerprint density at radius 2 is 2.06 bits per heavy atom. The van der Waals surface area contributed by atoms with E-state index in [-0.39, 0.29) is 0 Å². The molecule has 4 nitrogen and oxygen atoms in total. The highest BCUT2D eigenvalue weighted by atomic mass is 15.3. The van der Waals surface area contributed by atoms with E-state index in [2.05, 4.69) is 22.5 Å². The molecule has 1 aromatic heterocycles. The van der Waals surface area contributed by atoms with Crippen LogP contribution in [-0.2, 0) is 0 Å². The number of nitrogens with one attached hydrogen (secondary N) is 1. The van der Waals surface area contributed by atoms with E-state index in [1.54, 1.807) is 6.20 Å². The lowest BCUT2D eigenvalue weighted by molar-refractivity contribution is 0.373. The zero-order valence-electron chi connectivity index (χ0n) is 9.58. The first-order chi connectivity index (χ1) is 8.33. The Kier molecular flexibility index (Phi) is 2.57. The van der Waals surface area contributed by atoms with E-state index >= 15 is 0 Å². The van der Waals surface area contributed by atoms with Crippen LogP contribution in [0.3, 0.4) is 0 Å². The fourth-order valence-corrected chi connectivity index (χ4v) is 2.21. The second kappa shape index (κ2) is 4.22. The van der Waals surface area contributed by atoms with Crippen molar-refractivity contribution in [2.75, 3.05) is 5.32 Å². The minimum absolute atomic E-state index is 0.365. The standard InChI is InChI=1S/C13H16N4/c14-10-8-11(9-10)16-12-4-1-2-5-13(12)17-7-3-6-15-17/h1-7,10-11,16H,8-9,14H2. The quantitative estimate of drug-likeness (QED) is 0.841. The second-order valence-corrected chi connectivity index (χ2v) is 4.54. The predicted octanol–water partition coefficient (Wildman–Crippen LogP) is 1.77. The zero-order valence-corrected chi connectivity index (χ0v) is 9.58. The highest BCUT2D eigenvalue weighted by Gasteiger charge is 2.26. The average Bonchev–Trinajstić information content (AvgIpc) is 2.81. The molecule has 0 unspecified atom stereocenters. The Bertz CT molecular complexity index is 486. The van der Waals surface area contributed by atoms with E-state index < -0.39 is 0 Å². The van der Waals surface area contributed by atoms with Crippen molar-refractivity contribution in [3.05, 3.63) is 42.7 Å². The lowest BCUT2D eigenvalue weighted by Crippen LogP contribution is -2.44. The van der Waals surface area contributed by atoms with Crippen LogP contribution in [-0.4, -0.2) is 21.9 Å². The summed E-state index contributed by atoms with van der Waals surface area (Å²) in [6.07, 6.45) is 5.84. The van der Waals surface area contributed by atoms with Gasteiger partial charge in [0.1, 0.15) is 0 Å². The number of aromatic nitrogens is 2. The third-order valence-corrected chi connectivity index (χ3v) is 3.19. The highest BCUT2D eigenvalue weighted by Crippen LogP contribution is 2.26. The summed E-state index contributed by atoms with van der Waals surface area (Å²) in [4.78, 5) is 0. The summed E-state index contributed by atoms with van der Waals surface area (Å²) in [7, 11) is 0. The topological polar surface area (TPSA) is 55.9 Å². The summed E-state index contributed by atoms with van der Waals surface area (Å²) < 4.78 is 1.88. The van der Waals surface area contributed by atoms with Crippen molar-refractivity contribution in [3.8, 4) is 5.69 Å². The molecule has 2 aromatic rings. The third-order valence-electron chi connectivity index (χ3n) is 3.19. The van der Waals surface area contributed by atoms with Gasteiger partial charge in [-0.3, -0.25) is 0 Å². The molecule has 0 atom stereocenters. The molecular weight excluding hydrogens is 212 g/mol. The Morgan fingerprint density at radius 1 is 1.24 bits per heavy atom. The van der Waals surface area contributed by atoms with Gasteiger partial charge >= 0.3 is 0 Å². The van der Waals surface area contributed by atoms with Gasteiger partial charge in [-0.25, -0.2) is 4.68 Å². The summed E-state index contributed by atoms with van der Waals surface area (Å²) in [6.45, 7) is 0. The Hall–Kier alpha value is -1.81. The number of nitrogens with zero attached hydrogens (tertiary/aromatic N) is 2. The molecule has 0 saturated heterocycles. The van der Waals surface area contributed by atoms with Gasteiger partial charge in [0.25, 0.3) is 0 Å². The molecule has 0 bridgehead atoms. The van der Waals surface area contributed by atoms with Crippen molar-refractivity contribution in [3.63, 3.8) is 0 Å². The summed E-state index contributed by atoms with van der Waals surface area (Å²) >= 11 is 0. The van der Waals surface area contributed by atoms with Crippen LogP contribution in [0.25, 0.3) is 5.69 Å². The number of benzene rings is 1. The van der Waals surface area contributed by atoms with Gasteiger partial charge in [-0.05, 0) is 31.0 Å². The number of nitrogens with two attached hydrogens (primary N) is 1. The number of hydrogen-bond donors (Lipinski definition) is 2. The van der Waals surface area contributed by atoms with E-state index in [1.165, 1.54) is 0 Å². The molecule has 0 radical (unpaired) electrons. The van der Waals surface area contributed by atoms with Crippen LogP contribution in [0.5, 0.6) is 0 Å². The molecule has 3 N–H and O–H groups in total. The van der Waals surface area contributed by atoms with Crippen molar-refractivity contribution >= 4 is 5.69 Å². The molecule has 0 aliphatic heterocycles. The van der Waals surface area contributed by atoms with Gasteiger partial charge in [0.15, 0.2) is 0 Å². The molecule has 1 aliphatic rings. The van der Waals surface area contributed by atoms with Gasteiger partial charge in [-0.1, -0.05) is 12.1 Å². The summed E-state index contributed by atoms with van der Waals surface area (Å²) in [5.41, 5.74) is 8.00. The van der Waals surface area contributed by atoms with Crippen LogP contribution in [0, 0.1) is 0 Å². The smallest absolute Gasteiger partial charge is 0.0876 e. The maximum Gasteiger partial charge on any atom is 0.0876 e. The Balaban J connectivity index is 1.84. The summed E-state index contributed by atoms with van der Waals surface area (Å²) in [6, 6.07) is 11.0. The van der Waals surface area contributed by atoms with E-state index in [0.29, 0.717) is 12.1 Å². The van der Waals surface area contributed by atoms with Crippen molar-refractivity contribution < 1.29 is 0 Å². The van der Waals surface area contributed by atoms with Crippen LogP contribution < -0.4 is 11.1 Å². The largest absolute Gasteiger partial charge is 0.380 e. The molecule has 1 fully saturated rings. The molecule has 1 aromatic carbocycles. The molecule has 3 rings (SSSR count). The minimum Gasteiger partial charge on any atom is -0.380 e. The molecule has 4 heteroatoms. The Labute approximate surface area is 100 Å². The summed E-state index contributed by atoms with van der Waals surface area (Å²) in [5, 5.41) is 7.79. The third kappa shape index (κ3) is 2.03. The van der Waals surface area contributed by atoms with Crippen molar-refractivity contribution in [2.45, 2.75) is 24.9 Å².